The lowest BCUT2D eigenvalue weighted by atomic mass is 10.1. The van der Waals surface area contributed by atoms with Gasteiger partial charge in [0.2, 0.25) is 0 Å². The Kier molecular flexibility index (Phi) is 5.80. The maximum absolute atomic E-state index is 13.1. The first-order valence-electron chi connectivity index (χ1n) is 6.01. The molecular weight excluding hydrogens is 298 g/mol. The smallest absolute Gasteiger partial charge is 0.352 e. The molecule has 0 fully saturated rings. The second-order valence-electron chi connectivity index (χ2n) is 4.37. The van der Waals surface area contributed by atoms with Crippen molar-refractivity contribution in [3.05, 3.63) is 35.1 Å². The fourth-order valence-electron chi connectivity index (χ4n) is 1.57. The van der Waals surface area contributed by atoms with E-state index in [2.05, 4.69) is 5.32 Å². The lowest BCUT2D eigenvalue weighted by Crippen LogP contribution is -2.25. The lowest BCUT2D eigenvalue weighted by Gasteiger charge is -2.10. The predicted octanol–water partition coefficient (Wildman–Crippen LogP) is 3.98. The van der Waals surface area contributed by atoms with Crippen molar-refractivity contribution in [3.8, 4) is 0 Å². The topological polar surface area (TPSA) is 29.1 Å². The van der Waals surface area contributed by atoms with Gasteiger partial charge in [0.05, 0.1) is 5.56 Å². The molecule has 2 nitrogen and oxygen atoms in total. The highest BCUT2D eigenvalue weighted by molar-refractivity contribution is 6.20. The molecule has 0 saturated carbocycles. The zero-order valence-corrected chi connectivity index (χ0v) is 11.5. The molecule has 0 radical (unpaired) electrons. The van der Waals surface area contributed by atoms with Crippen molar-refractivity contribution >= 4 is 17.5 Å². The molecule has 0 aliphatic heterocycles. The Balaban J connectivity index is 2.70. The number of carbonyl (C=O) groups is 1. The molecule has 0 aromatic heterocycles. The highest BCUT2D eigenvalue weighted by Crippen LogP contribution is 2.31. The SMILES string of the molecule is CC(Cl)CCCNC(=O)c1ccc(F)c(C(F)(F)F)c1. The van der Waals surface area contributed by atoms with Gasteiger partial charge < -0.3 is 5.32 Å². The lowest BCUT2D eigenvalue weighted by molar-refractivity contribution is -0.140. The molecule has 1 aromatic rings. The summed E-state index contributed by atoms with van der Waals surface area (Å²) >= 11 is 5.72. The van der Waals surface area contributed by atoms with Gasteiger partial charge in [-0.2, -0.15) is 13.2 Å². The van der Waals surface area contributed by atoms with E-state index < -0.39 is 23.5 Å². The second kappa shape index (κ2) is 6.92. The van der Waals surface area contributed by atoms with E-state index in [1.165, 1.54) is 0 Å². The molecular formula is C13H14ClF4NO. The monoisotopic (exact) mass is 311 g/mol. The minimum atomic E-state index is -4.82. The van der Waals surface area contributed by atoms with Crippen molar-refractivity contribution in [2.24, 2.45) is 0 Å². The van der Waals surface area contributed by atoms with Crippen LogP contribution in [0.4, 0.5) is 17.6 Å². The first-order valence-corrected chi connectivity index (χ1v) is 6.44. The summed E-state index contributed by atoms with van der Waals surface area (Å²) in [7, 11) is 0. The van der Waals surface area contributed by atoms with Crippen LogP contribution in [0.15, 0.2) is 18.2 Å². The molecule has 0 spiro atoms. The van der Waals surface area contributed by atoms with Crippen LogP contribution in [0.1, 0.15) is 35.7 Å². The fourth-order valence-corrected chi connectivity index (χ4v) is 1.73. The van der Waals surface area contributed by atoms with Crippen molar-refractivity contribution in [2.75, 3.05) is 6.54 Å². The maximum Gasteiger partial charge on any atom is 0.419 e. The zero-order chi connectivity index (χ0) is 15.3. The van der Waals surface area contributed by atoms with Crippen LogP contribution < -0.4 is 5.32 Å². The quantitative estimate of drug-likeness (QED) is 0.497. The van der Waals surface area contributed by atoms with Crippen molar-refractivity contribution < 1.29 is 22.4 Å². The normalized spacial score (nSPS) is 13.1. The molecule has 0 saturated heterocycles. The number of hydrogen-bond acceptors (Lipinski definition) is 1. The van der Waals surface area contributed by atoms with Gasteiger partial charge in [0.25, 0.3) is 5.91 Å². The predicted molar refractivity (Wildman–Crippen MR) is 68.3 cm³/mol. The van der Waals surface area contributed by atoms with Crippen LogP contribution in [-0.4, -0.2) is 17.8 Å². The number of rotatable bonds is 5. The van der Waals surface area contributed by atoms with Crippen molar-refractivity contribution in [3.63, 3.8) is 0 Å². The number of carbonyl (C=O) groups excluding carboxylic acids is 1. The Bertz CT molecular complexity index is 474. The van der Waals surface area contributed by atoms with E-state index in [4.69, 9.17) is 11.6 Å². The largest absolute Gasteiger partial charge is 0.419 e. The van der Waals surface area contributed by atoms with E-state index in [1.54, 1.807) is 6.92 Å². The Hall–Kier alpha value is -1.30. The third kappa shape index (κ3) is 5.00. The van der Waals surface area contributed by atoms with Crippen molar-refractivity contribution in [1.82, 2.24) is 5.32 Å². The van der Waals surface area contributed by atoms with Crippen LogP contribution in [-0.2, 0) is 6.18 Å². The molecule has 0 heterocycles. The van der Waals surface area contributed by atoms with E-state index in [0.29, 0.717) is 31.5 Å². The second-order valence-corrected chi connectivity index (χ2v) is 5.12. The van der Waals surface area contributed by atoms with Gasteiger partial charge in [0.1, 0.15) is 5.82 Å². The number of benzene rings is 1. The van der Waals surface area contributed by atoms with E-state index >= 15 is 0 Å². The summed E-state index contributed by atoms with van der Waals surface area (Å²) in [5, 5.41) is 2.43. The Morgan fingerprint density at radius 1 is 1.40 bits per heavy atom. The summed E-state index contributed by atoms with van der Waals surface area (Å²) in [6, 6.07) is 2.16. The van der Waals surface area contributed by atoms with Crippen LogP contribution in [0.25, 0.3) is 0 Å². The number of amides is 1. The Morgan fingerprint density at radius 2 is 2.05 bits per heavy atom. The molecule has 0 aliphatic rings. The minimum absolute atomic E-state index is 0.0328. The molecule has 1 atom stereocenters. The third-order valence-corrected chi connectivity index (χ3v) is 2.82. The summed E-state index contributed by atoms with van der Waals surface area (Å²) in [6.07, 6.45) is -3.53. The molecule has 0 bridgehead atoms. The van der Waals surface area contributed by atoms with Gasteiger partial charge in [0.15, 0.2) is 0 Å². The van der Waals surface area contributed by atoms with Crippen molar-refractivity contribution in [2.45, 2.75) is 31.3 Å². The molecule has 7 heteroatoms. The molecule has 20 heavy (non-hydrogen) atoms. The summed E-state index contributed by atoms with van der Waals surface area (Å²) in [6.45, 7) is 2.10. The first kappa shape index (κ1) is 16.8. The highest BCUT2D eigenvalue weighted by Gasteiger charge is 2.34. The minimum Gasteiger partial charge on any atom is -0.352 e. The standard InChI is InChI=1S/C13H14ClF4NO/c1-8(14)3-2-6-19-12(20)9-4-5-11(15)10(7-9)13(16,17)18/h4-5,7-8H,2-3,6H2,1H3,(H,19,20). The van der Waals surface area contributed by atoms with Gasteiger partial charge in [-0.1, -0.05) is 0 Å². The van der Waals surface area contributed by atoms with E-state index in [9.17, 15) is 22.4 Å². The maximum atomic E-state index is 13.1. The van der Waals surface area contributed by atoms with Crippen LogP contribution >= 0.6 is 11.6 Å². The Morgan fingerprint density at radius 3 is 2.60 bits per heavy atom. The highest BCUT2D eigenvalue weighted by atomic mass is 35.5. The van der Waals surface area contributed by atoms with Gasteiger partial charge in [0, 0.05) is 17.5 Å². The van der Waals surface area contributed by atoms with Crippen molar-refractivity contribution in [1.29, 1.82) is 0 Å². The molecule has 1 N–H and O–H groups in total. The summed E-state index contributed by atoms with van der Waals surface area (Å²) in [5.74, 6) is -2.07. The Labute approximate surface area is 119 Å². The van der Waals surface area contributed by atoms with Gasteiger partial charge in [-0.15, -0.1) is 11.6 Å². The third-order valence-electron chi connectivity index (χ3n) is 2.60. The summed E-state index contributed by atoms with van der Waals surface area (Å²) in [4.78, 5) is 11.6. The van der Waals surface area contributed by atoms with E-state index in [1.807, 2.05) is 0 Å². The van der Waals surface area contributed by atoms with Crippen LogP contribution in [0, 0.1) is 5.82 Å². The summed E-state index contributed by atoms with van der Waals surface area (Å²) in [5.41, 5.74) is -1.67. The van der Waals surface area contributed by atoms with Gasteiger partial charge in [-0.3, -0.25) is 4.79 Å². The molecule has 1 amide bonds. The molecule has 112 valence electrons. The van der Waals surface area contributed by atoms with E-state index in [0.717, 1.165) is 6.07 Å². The van der Waals surface area contributed by atoms with Gasteiger partial charge in [-0.25, -0.2) is 4.39 Å². The van der Waals surface area contributed by atoms with Crippen LogP contribution in [0.2, 0.25) is 0 Å². The average Bonchev–Trinajstić information content (AvgIpc) is 2.33. The van der Waals surface area contributed by atoms with Gasteiger partial charge >= 0.3 is 6.18 Å². The molecule has 0 aliphatic carbocycles. The molecule has 1 rings (SSSR count). The van der Waals surface area contributed by atoms with E-state index in [-0.39, 0.29) is 10.9 Å². The molecule has 1 unspecified atom stereocenters. The first-order chi connectivity index (χ1) is 9.21. The number of hydrogen-bond donors (Lipinski definition) is 1. The average molecular weight is 312 g/mol. The zero-order valence-electron chi connectivity index (χ0n) is 10.7. The van der Waals surface area contributed by atoms with Crippen LogP contribution in [0.5, 0.6) is 0 Å². The fraction of sp³-hybridized carbons (Fsp3) is 0.462. The van der Waals surface area contributed by atoms with Crippen LogP contribution in [0.3, 0.4) is 0 Å². The summed E-state index contributed by atoms with van der Waals surface area (Å²) < 4.78 is 50.6. The number of alkyl halides is 4. The van der Waals surface area contributed by atoms with Gasteiger partial charge in [-0.05, 0) is 38.0 Å². The number of nitrogens with one attached hydrogen (secondary N) is 1. The number of halogens is 5. The molecule has 1 aromatic carbocycles.